The third-order valence-corrected chi connectivity index (χ3v) is 5.36. The molecular weight excluding hydrogens is 328 g/mol. The Morgan fingerprint density at radius 2 is 1.96 bits per heavy atom. The molecule has 0 radical (unpaired) electrons. The first kappa shape index (κ1) is 16.5. The van der Waals surface area contributed by atoms with Gasteiger partial charge in [0, 0.05) is 30.4 Å². The van der Waals surface area contributed by atoms with E-state index in [2.05, 4.69) is 52.2 Å². The quantitative estimate of drug-likeness (QED) is 0.783. The molecule has 1 fully saturated rings. The number of aromatic nitrogens is 4. The van der Waals surface area contributed by atoms with Gasteiger partial charge in [-0.05, 0) is 43.9 Å². The van der Waals surface area contributed by atoms with Crippen LogP contribution in [0.15, 0.2) is 30.6 Å². The Bertz CT molecular complexity index is 971. The van der Waals surface area contributed by atoms with Crippen LogP contribution in [0.1, 0.15) is 40.5 Å². The molecule has 0 unspecified atom stereocenters. The highest BCUT2D eigenvalue weighted by Crippen LogP contribution is 2.32. The van der Waals surface area contributed by atoms with Crippen molar-refractivity contribution < 1.29 is 4.79 Å². The van der Waals surface area contributed by atoms with Crippen LogP contribution < -0.4 is 10.6 Å². The molecule has 4 rings (SSSR count). The zero-order chi connectivity index (χ0) is 18.3. The van der Waals surface area contributed by atoms with Gasteiger partial charge in [0.05, 0.1) is 17.8 Å². The Kier molecular flexibility index (Phi) is 4.06. The number of anilines is 1. The molecule has 26 heavy (non-hydrogen) atoms. The first-order valence-corrected chi connectivity index (χ1v) is 8.86. The van der Waals surface area contributed by atoms with Gasteiger partial charge in [-0.3, -0.25) is 9.78 Å². The van der Waals surface area contributed by atoms with Crippen molar-refractivity contribution >= 4 is 22.5 Å². The van der Waals surface area contributed by atoms with E-state index in [1.807, 2.05) is 6.20 Å². The number of pyridine rings is 1. The van der Waals surface area contributed by atoms with Crippen LogP contribution in [-0.4, -0.2) is 39.0 Å². The molecule has 3 aromatic rings. The highest BCUT2D eigenvalue weighted by Gasteiger charge is 2.23. The summed E-state index contributed by atoms with van der Waals surface area (Å²) in [5.74, 6) is -0.539. The normalized spacial score (nSPS) is 15.5. The van der Waals surface area contributed by atoms with Crippen molar-refractivity contribution in [2.24, 2.45) is 5.73 Å². The second-order valence-electron chi connectivity index (χ2n) is 6.90. The van der Waals surface area contributed by atoms with Crippen LogP contribution in [0.25, 0.3) is 10.9 Å². The van der Waals surface area contributed by atoms with Gasteiger partial charge in [0.15, 0.2) is 5.69 Å². The third kappa shape index (κ3) is 2.79. The standard InChI is InChI=1S/C19H22N6O/c1-12-3-4-15-17(5-8-21-18(15)13(12)2)24-9-6-14(7-10-24)25-11-16(19(20)26)22-23-25/h3-5,8,11,14H,6-7,9-10H2,1-2H3,(H2,20,26). The first-order valence-electron chi connectivity index (χ1n) is 8.86. The van der Waals surface area contributed by atoms with Crippen LogP contribution in [0, 0.1) is 13.8 Å². The van der Waals surface area contributed by atoms with Crippen molar-refractivity contribution in [1.29, 1.82) is 0 Å². The largest absolute Gasteiger partial charge is 0.371 e. The molecule has 7 heteroatoms. The number of amides is 1. The van der Waals surface area contributed by atoms with Gasteiger partial charge >= 0.3 is 0 Å². The number of rotatable bonds is 3. The third-order valence-electron chi connectivity index (χ3n) is 5.36. The summed E-state index contributed by atoms with van der Waals surface area (Å²) in [7, 11) is 0. The molecule has 0 bridgehead atoms. The Hall–Kier alpha value is -2.96. The van der Waals surface area contributed by atoms with E-state index < -0.39 is 5.91 Å². The lowest BCUT2D eigenvalue weighted by Crippen LogP contribution is -2.35. The molecule has 7 nitrogen and oxygen atoms in total. The number of hydrogen-bond acceptors (Lipinski definition) is 5. The van der Waals surface area contributed by atoms with Gasteiger partial charge in [-0.25, -0.2) is 4.68 Å². The van der Waals surface area contributed by atoms with Gasteiger partial charge in [-0.1, -0.05) is 17.3 Å². The Labute approximate surface area is 151 Å². The Balaban J connectivity index is 1.56. The fourth-order valence-electron chi connectivity index (χ4n) is 3.66. The van der Waals surface area contributed by atoms with Crippen LogP contribution in [0.4, 0.5) is 5.69 Å². The van der Waals surface area contributed by atoms with Crippen LogP contribution in [0.3, 0.4) is 0 Å². The lowest BCUT2D eigenvalue weighted by molar-refractivity contribution is 0.0995. The predicted octanol–water partition coefficient (Wildman–Crippen LogP) is 2.38. The minimum Gasteiger partial charge on any atom is -0.371 e. The molecule has 1 aliphatic rings. The van der Waals surface area contributed by atoms with E-state index in [0.29, 0.717) is 0 Å². The zero-order valence-electron chi connectivity index (χ0n) is 15.0. The van der Waals surface area contributed by atoms with Crippen molar-refractivity contribution in [3.8, 4) is 0 Å². The van der Waals surface area contributed by atoms with Crippen LogP contribution >= 0.6 is 0 Å². The van der Waals surface area contributed by atoms with Crippen molar-refractivity contribution in [2.45, 2.75) is 32.7 Å². The number of primary amides is 1. The molecule has 0 spiro atoms. The molecule has 0 saturated carbocycles. The predicted molar refractivity (Wildman–Crippen MR) is 100 cm³/mol. The molecule has 3 heterocycles. The van der Waals surface area contributed by atoms with Crippen LogP contribution in [-0.2, 0) is 0 Å². The summed E-state index contributed by atoms with van der Waals surface area (Å²) in [4.78, 5) is 18.2. The fourth-order valence-corrected chi connectivity index (χ4v) is 3.66. The first-order chi connectivity index (χ1) is 12.5. The van der Waals surface area contributed by atoms with Crippen molar-refractivity contribution in [1.82, 2.24) is 20.0 Å². The summed E-state index contributed by atoms with van der Waals surface area (Å²) in [5.41, 5.74) is 10.3. The summed E-state index contributed by atoms with van der Waals surface area (Å²) >= 11 is 0. The number of nitrogens with two attached hydrogens (primary N) is 1. The van der Waals surface area contributed by atoms with E-state index in [4.69, 9.17) is 5.73 Å². The summed E-state index contributed by atoms with van der Waals surface area (Å²) < 4.78 is 1.77. The van der Waals surface area contributed by atoms with Gasteiger partial charge in [0.1, 0.15) is 0 Å². The molecule has 0 aliphatic carbocycles. The fraction of sp³-hybridized carbons (Fsp3) is 0.368. The van der Waals surface area contributed by atoms with E-state index >= 15 is 0 Å². The minimum atomic E-state index is -0.539. The number of aryl methyl sites for hydroxylation is 2. The number of piperidine rings is 1. The van der Waals surface area contributed by atoms with E-state index in [1.54, 1.807) is 10.9 Å². The second kappa shape index (κ2) is 6.40. The number of hydrogen-bond donors (Lipinski definition) is 1. The van der Waals surface area contributed by atoms with Crippen molar-refractivity contribution in [3.63, 3.8) is 0 Å². The van der Waals surface area contributed by atoms with Crippen LogP contribution in [0.2, 0.25) is 0 Å². The van der Waals surface area contributed by atoms with Crippen molar-refractivity contribution in [2.75, 3.05) is 18.0 Å². The lowest BCUT2D eigenvalue weighted by atomic mass is 10.0. The summed E-state index contributed by atoms with van der Waals surface area (Å²) in [6.07, 6.45) is 5.43. The average molecular weight is 350 g/mol. The number of carbonyl (C=O) groups is 1. The van der Waals surface area contributed by atoms with Gasteiger partial charge in [-0.15, -0.1) is 5.10 Å². The second-order valence-corrected chi connectivity index (χ2v) is 6.90. The lowest BCUT2D eigenvalue weighted by Gasteiger charge is -2.34. The number of fused-ring (bicyclic) bond motifs is 1. The number of nitrogens with zero attached hydrogens (tertiary/aromatic N) is 5. The Morgan fingerprint density at radius 3 is 2.65 bits per heavy atom. The Morgan fingerprint density at radius 1 is 1.19 bits per heavy atom. The van der Waals surface area contributed by atoms with Gasteiger partial charge in [0.25, 0.3) is 5.91 Å². The van der Waals surface area contributed by atoms with E-state index in [0.717, 1.165) is 31.4 Å². The average Bonchev–Trinajstić information content (AvgIpc) is 3.15. The van der Waals surface area contributed by atoms with Crippen molar-refractivity contribution in [3.05, 3.63) is 47.4 Å². The maximum absolute atomic E-state index is 11.2. The molecular formula is C19H22N6O. The molecule has 134 valence electrons. The van der Waals surface area contributed by atoms with Gasteiger partial charge in [0.2, 0.25) is 0 Å². The summed E-state index contributed by atoms with van der Waals surface area (Å²) in [6, 6.07) is 6.67. The highest BCUT2D eigenvalue weighted by molar-refractivity contribution is 5.94. The minimum absolute atomic E-state index is 0.221. The number of carbonyl (C=O) groups excluding carboxylic acids is 1. The number of benzene rings is 1. The summed E-state index contributed by atoms with van der Waals surface area (Å²) in [6.45, 7) is 6.08. The van der Waals surface area contributed by atoms with Gasteiger partial charge in [-0.2, -0.15) is 0 Å². The molecule has 1 amide bonds. The van der Waals surface area contributed by atoms with E-state index in [-0.39, 0.29) is 11.7 Å². The maximum Gasteiger partial charge on any atom is 0.270 e. The van der Waals surface area contributed by atoms with Gasteiger partial charge < -0.3 is 10.6 Å². The molecule has 1 saturated heterocycles. The smallest absolute Gasteiger partial charge is 0.270 e. The maximum atomic E-state index is 11.2. The van der Waals surface area contributed by atoms with Crippen LogP contribution in [0.5, 0.6) is 0 Å². The molecule has 1 aromatic carbocycles. The van der Waals surface area contributed by atoms with E-state index in [9.17, 15) is 4.79 Å². The molecule has 0 atom stereocenters. The van der Waals surface area contributed by atoms with E-state index in [1.165, 1.54) is 22.2 Å². The summed E-state index contributed by atoms with van der Waals surface area (Å²) in [5, 5.41) is 9.11. The zero-order valence-corrected chi connectivity index (χ0v) is 15.0. The topological polar surface area (TPSA) is 89.9 Å². The molecule has 1 aliphatic heterocycles. The SMILES string of the molecule is Cc1ccc2c(N3CCC(n4cc(C(N)=O)nn4)CC3)ccnc2c1C. The molecule has 2 aromatic heterocycles. The monoisotopic (exact) mass is 350 g/mol. The highest BCUT2D eigenvalue weighted by atomic mass is 16.1. The molecule has 2 N–H and O–H groups in total.